The molecule has 0 saturated heterocycles. The summed E-state index contributed by atoms with van der Waals surface area (Å²) < 4.78 is 12.4. The zero-order valence-electron chi connectivity index (χ0n) is 14.5. The smallest absolute Gasteiger partial charge is 0.200 e. The van der Waals surface area contributed by atoms with Crippen molar-refractivity contribution < 1.29 is 14.6 Å². The van der Waals surface area contributed by atoms with Crippen LogP contribution in [0.4, 0.5) is 5.69 Å². The number of halogens is 1. The fraction of sp³-hybridized carbons (Fsp3) is 0.263. The number of benzene rings is 2. The van der Waals surface area contributed by atoms with Gasteiger partial charge in [0.05, 0.1) is 19.9 Å². The molecule has 0 fully saturated rings. The molecule has 0 spiro atoms. The lowest BCUT2D eigenvalue weighted by molar-refractivity contribution is 0.340. The molecule has 0 amide bonds. The Labute approximate surface area is 161 Å². The molecule has 0 radical (unpaired) electrons. The van der Waals surface area contributed by atoms with Gasteiger partial charge in [0.1, 0.15) is 0 Å². The van der Waals surface area contributed by atoms with E-state index in [1.54, 1.807) is 23.9 Å². The van der Waals surface area contributed by atoms with Gasteiger partial charge in [0.2, 0.25) is 5.75 Å². The number of thioether (sulfide) groups is 1. The maximum atomic E-state index is 9.95. The van der Waals surface area contributed by atoms with Gasteiger partial charge < -0.3 is 18.5 Å². The minimum atomic E-state index is 0.0161. The van der Waals surface area contributed by atoms with E-state index in [-0.39, 0.29) is 5.75 Å². The fourth-order valence-corrected chi connectivity index (χ4v) is 3.58. The predicted molar refractivity (Wildman–Crippen MR) is 109 cm³/mol. The topological polar surface area (TPSA) is 41.9 Å². The van der Waals surface area contributed by atoms with Crippen molar-refractivity contribution in [3.05, 3.63) is 48.0 Å². The number of methoxy groups -OCH3 is 2. The first-order valence-electron chi connectivity index (χ1n) is 7.87. The second-order valence-electron chi connectivity index (χ2n) is 5.13. The number of ether oxygens (including phenoxy) is 2. The molecule has 0 aliphatic carbocycles. The van der Waals surface area contributed by atoms with Gasteiger partial charge in [-0.05, 0) is 36.8 Å². The van der Waals surface area contributed by atoms with Gasteiger partial charge in [-0.25, -0.2) is 0 Å². The Bertz CT molecular complexity index is 711. The Hall–Kier alpha value is -1.79. The second kappa shape index (κ2) is 9.63. The van der Waals surface area contributed by atoms with E-state index >= 15 is 0 Å². The number of rotatable bonds is 8. The normalized spacial score (nSPS) is 10.9. The molecule has 0 atom stereocenters. The first kappa shape index (κ1) is 19.5. The highest BCUT2D eigenvalue weighted by Crippen LogP contribution is 2.37. The van der Waals surface area contributed by atoms with E-state index < -0.39 is 0 Å². The third-order valence-corrected chi connectivity index (χ3v) is 5.45. The number of nitrogens with zero attached hydrogens (tertiary/aromatic N) is 1. The predicted octanol–water partition coefficient (Wildman–Crippen LogP) is 5.35. The van der Waals surface area contributed by atoms with Gasteiger partial charge in [-0.15, -0.1) is 11.8 Å². The number of phenolic OH excluding ortho intramolecular Hbond substituents is 1. The largest absolute Gasteiger partial charge is 0.502 e. The van der Waals surface area contributed by atoms with Gasteiger partial charge in [-0.2, -0.15) is 0 Å². The lowest BCUT2D eigenvalue weighted by Gasteiger charge is -2.17. The van der Waals surface area contributed by atoms with Gasteiger partial charge in [0.25, 0.3) is 0 Å². The first-order chi connectivity index (χ1) is 12.1. The Balaban J connectivity index is 2.08. The van der Waals surface area contributed by atoms with Crippen LogP contribution in [0.15, 0.2) is 47.4 Å². The molecule has 6 heteroatoms. The third kappa shape index (κ3) is 5.09. The standard InChI is InChI=1S/C19H22BrNO3S/c1-4-21(20)15-9-5-6-10-18(15)25-11-7-8-14-12-16(23-2)19(22)17(13-14)24-3/h5-10,12-13,22H,4,11H2,1-3H3/b8-7+. The van der Waals surface area contributed by atoms with Crippen molar-refractivity contribution in [3.63, 3.8) is 0 Å². The van der Waals surface area contributed by atoms with Crippen molar-refractivity contribution in [3.8, 4) is 17.2 Å². The van der Waals surface area contributed by atoms with Crippen molar-refractivity contribution in [2.24, 2.45) is 0 Å². The molecule has 0 unspecified atom stereocenters. The van der Waals surface area contributed by atoms with E-state index in [9.17, 15) is 5.11 Å². The van der Waals surface area contributed by atoms with Crippen LogP contribution >= 0.6 is 27.9 Å². The fourth-order valence-electron chi connectivity index (χ4n) is 2.28. The van der Waals surface area contributed by atoms with Crippen LogP contribution in [-0.2, 0) is 0 Å². The molecule has 1 N–H and O–H groups in total. The molecule has 2 rings (SSSR count). The number of phenols is 1. The van der Waals surface area contributed by atoms with Crippen LogP contribution in [0.25, 0.3) is 6.08 Å². The third-order valence-electron chi connectivity index (χ3n) is 3.55. The molecule has 25 heavy (non-hydrogen) atoms. The Morgan fingerprint density at radius 3 is 2.40 bits per heavy atom. The van der Waals surface area contributed by atoms with Crippen LogP contribution in [0.2, 0.25) is 0 Å². The number of para-hydroxylation sites is 1. The SMILES string of the molecule is CCN(Br)c1ccccc1SC/C=C/c1cc(OC)c(O)c(OC)c1. The van der Waals surface area contributed by atoms with Crippen LogP contribution in [0.1, 0.15) is 12.5 Å². The second-order valence-corrected chi connectivity index (χ2v) is 7.05. The maximum absolute atomic E-state index is 9.95. The van der Waals surface area contributed by atoms with E-state index in [0.29, 0.717) is 11.5 Å². The molecule has 0 bridgehead atoms. The molecule has 0 heterocycles. The summed E-state index contributed by atoms with van der Waals surface area (Å²) in [6.07, 6.45) is 4.07. The summed E-state index contributed by atoms with van der Waals surface area (Å²) in [6, 6.07) is 11.9. The lowest BCUT2D eigenvalue weighted by Crippen LogP contribution is -2.08. The minimum absolute atomic E-state index is 0.0161. The summed E-state index contributed by atoms with van der Waals surface area (Å²) in [5.41, 5.74) is 2.08. The summed E-state index contributed by atoms with van der Waals surface area (Å²) in [6.45, 7) is 2.99. The number of hydrogen-bond donors (Lipinski definition) is 1. The van der Waals surface area contributed by atoms with Crippen molar-refractivity contribution in [1.29, 1.82) is 0 Å². The Morgan fingerprint density at radius 2 is 1.80 bits per heavy atom. The lowest BCUT2D eigenvalue weighted by atomic mass is 10.1. The van der Waals surface area contributed by atoms with Crippen molar-refractivity contribution in [2.75, 3.05) is 30.4 Å². The zero-order valence-corrected chi connectivity index (χ0v) is 16.9. The molecule has 0 aliphatic heterocycles. The van der Waals surface area contributed by atoms with E-state index in [1.807, 2.05) is 18.2 Å². The van der Waals surface area contributed by atoms with Crippen LogP contribution in [0, 0.1) is 0 Å². The number of hydrogen-bond acceptors (Lipinski definition) is 5. The average Bonchev–Trinajstić information content (AvgIpc) is 2.65. The highest BCUT2D eigenvalue weighted by Gasteiger charge is 2.10. The van der Waals surface area contributed by atoms with Crippen LogP contribution in [0.3, 0.4) is 0 Å². The van der Waals surface area contributed by atoms with Gasteiger partial charge >= 0.3 is 0 Å². The highest BCUT2D eigenvalue weighted by atomic mass is 79.9. The summed E-state index contributed by atoms with van der Waals surface area (Å²) in [5.74, 6) is 1.64. The van der Waals surface area contributed by atoms with Crippen LogP contribution in [0.5, 0.6) is 17.2 Å². The molecule has 0 aromatic heterocycles. The highest BCUT2D eigenvalue weighted by molar-refractivity contribution is 9.10. The van der Waals surface area contributed by atoms with E-state index in [1.165, 1.54) is 19.1 Å². The molecule has 0 aliphatic rings. The number of anilines is 1. The van der Waals surface area contributed by atoms with E-state index in [4.69, 9.17) is 9.47 Å². The van der Waals surface area contributed by atoms with E-state index in [2.05, 4.69) is 45.2 Å². The number of aromatic hydroxyl groups is 1. The molecule has 2 aromatic carbocycles. The monoisotopic (exact) mass is 423 g/mol. The van der Waals surface area contributed by atoms with Crippen molar-refractivity contribution in [1.82, 2.24) is 0 Å². The molecule has 2 aromatic rings. The Kier molecular flexibility index (Phi) is 7.52. The van der Waals surface area contributed by atoms with Gasteiger partial charge in [0, 0.05) is 33.3 Å². The summed E-state index contributed by atoms with van der Waals surface area (Å²) in [7, 11) is 3.04. The van der Waals surface area contributed by atoms with Crippen LogP contribution < -0.4 is 13.4 Å². The van der Waals surface area contributed by atoms with Crippen molar-refractivity contribution in [2.45, 2.75) is 11.8 Å². The quantitative estimate of drug-likeness (QED) is 0.457. The van der Waals surface area contributed by atoms with Gasteiger partial charge in [-0.1, -0.05) is 24.3 Å². The summed E-state index contributed by atoms with van der Waals surface area (Å²) >= 11 is 5.33. The minimum Gasteiger partial charge on any atom is -0.502 e. The molecule has 134 valence electrons. The Morgan fingerprint density at radius 1 is 1.16 bits per heavy atom. The van der Waals surface area contributed by atoms with Crippen molar-refractivity contribution >= 4 is 39.7 Å². The van der Waals surface area contributed by atoms with E-state index in [0.717, 1.165) is 23.5 Å². The molecular weight excluding hydrogens is 402 g/mol. The molecule has 4 nitrogen and oxygen atoms in total. The molecular formula is C19H22BrNO3S. The first-order valence-corrected chi connectivity index (χ1v) is 9.56. The van der Waals surface area contributed by atoms with Gasteiger partial charge in [0.15, 0.2) is 11.5 Å². The summed E-state index contributed by atoms with van der Waals surface area (Å²) in [4.78, 5) is 1.21. The maximum Gasteiger partial charge on any atom is 0.200 e. The summed E-state index contributed by atoms with van der Waals surface area (Å²) in [5, 5.41) is 9.95. The average molecular weight is 424 g/mol. The van der Waals surface area contributed by atoms with Gasteiger partial charge in [-0.3, -0.25) is 0 Å². The zero-order chi connectivity index (χ0) is 18.2. The van der Waals surface area contributed by atoms with Crippen LogP contribution in [-0.4, -0.2) is 31.6 Å². The molecule has 0 saturated carbocycles.